The SMILES string of the molecule is C#CCC(CSc1ccccc1C)NCC. The first kappa shape index (κ1) is 13.2. The first-order valence-electron chi connectivity index (χ1n) is 5.63. The Kier molecular flexibility index (Phi) is 6.07. The van der Waals surface area contributed by atoms with Crippen LogP contribution in [0, 0.1) is 19.3 Å². The van der Waals surface area contributed by atoms with Gasteiger partial charge in [0.25, 0.3) is 0 Å². The maximum atomic E-state index is 5.36. The summed E-state index contributed by atoms with van der Waals surface area (Å²) in [7, 11) is 0. The van der Waals surface area contributed by atoms with Crippen molar-refractivity contribution >= 4 is 11.8 Å². The van der Waals surface area contributed by atoms with Gasteiger partial charge in [0.1, 0.15) is 0 Å². The summed E-state index contributed by atoms with van der Waals surface area (Å²) >= 11 is 1.88. The van der Waals surface area contributed by atoms with Crippen molar-refractivity contribution in [1.82, 2.24) is 5.32 Å². The first-order valence-corrected chi connectivity index (χ1v) is 6.61. The van der Waals surface area contributed by atoms with Crippen molar-refractivity contribution in [3.05, 3.63) is 29.8 Å². The zero-order valence-corrected chi connectivity index (χ0v) is 10.8. The number of benzene rings is 1. The van der Waals surface area contributed by atoms with Gasteiger partial charge in [0.05, 0.1) is 0 Å². The van der Waals surface area contributed by atoms with Crippen LogP contribution in [0.15, 0.2) is 29.2 Å². The van der Waals surface area contributed by atoms with Crippen molar-refractivity contribution in [3.8, 4) is 12.3 Å². The number of nitrogens with one attached hydrogen (secondary N) is 1. The maximum absolute atomic E-state index is 5.36. The Morgan fingerprint density at radius 1 is 1.44 bits per heavy atom. The summed E-state index contributed by atoms with van der Waals surface area (Å²) in [5.41, 5.74) is 1.34. The van der Waals surface area contributed by atoms with Crippen LogP contribution in [0.4, 0.5) is 0 Å². The van der Waals surface area contributed by atoms with E-state index in [2.05, 4.69) is 49.4 Å². The molecule has 1 nitrogen and oxygen atoms in total. The number of terminal acetylenes is 1. The van der Waals surface area contributed by atoms with Gasteiger partial charge in [-0.1, -0.05) is 25.1 Å². The summed E-state index contributed by atoms with van der Waals surface area (Å²) in [5.74, 6) is 3.76. The zero-order chi connectivity index (χ0) is 11.8. The molecule has 16 heavy (non-hydrogen) atoms. The second kappa shape index (κ2) is 7.38. The Hall–Kier alpha value is -0.910. The third-order valence-electron chi connectivity index (χ3n) is 2.39. The molecule has 0 aliphatic heterocycles. The molecule has 1 N–H and O–H groups in total. The molecule has 0 aromatic heterocycles. The summed E-state index contributed by atoms with van der Waals surface area (Å²) in [5, 5.41) is 3.41. The predicted octanol–water partition coefficient (Wildman–Crippen LogP) is 3.09. The van der Waals surface area contributed by atoms with Gasteiger partial charge < -0.3 is 5.32 Å². The molecule has 86 valence electrons. The number of aryl methyl sites for hydroxylation is 1. The summed E-state index contributed by atoms with van der Waals surface area (Å²) in [6.45, 7) is 5.23. The van der Waals surface area contributed by atoms with E-state index in [4.69, 9.17) is 6.42 Å². The molecule has 0 saturated heterocycles. The van der Waals surface area contributed by atoms with E-state index < -0.39 is 0 Å². The molecule has 0 heterocycles. The summed E-state index contributed by atoms with van der Waals surface area (Å²) in [6, 6.07) is 8.88. The standard InChI is InChI=1S/C14H19NS/c1-4-8-13(15-5-2)11-16-14-10-7-6-9-12(14)3/h1,6-7,9-10,13,15H,5,8,11H2,2-3H3. The quantitative estimate of drug-likeness (QED) is 0.598. The fourth-order valence-corrected chi connectivity index (χ4v) is 2.62. The Balaban J connectivity index is 2.49. The van der Waals surface area contributed by atoms with Gasteiger partial charge in [-0.25, -0.2) is 0 Å². The molecule has 1 rings (SSSR count). The van der Waals surface area contributed by atoms with Gasteiger partial charge in [-0.2, -0.15) is 0 Å². The lowest BCUT2D eigenvalue weighted by molar-refractivity contribution is 0.588. The van der Waals surface area contributed by atoms with Crippen molar-refractivity contribution in [2.24, 2.45) is 0 Å². The third-order valence-corrected chi connectivity index (χ3v) is 3.73. The topological polar surface area (TPSA) is 12.0 Å². The molecule has 1 aromatic rings. The van der Waals surface area contributed by atoms with Gasteiger partial charge >= 0.3 is 0 Å². The van der Waals surface area contributed by atoms with Gasteiger partial charge in [-0.15, -0.1) is 24.1 Å². The highest BCUT2D eigenvalue weighted by atomic mass is 32.2. The van der Waals surface area contributed by atoms with Crippen LogP contribution in [0.25, 0.3) is 0 Å². The van der Waals surface area contributed by atoms with Crippen molar-refractivity contribution in [2.45, 2.75) is 31.2 Å². The van der Waals surface area contributed by atoms with E-state index in [1.165, 1.54) is 10.5 Å². The smallest absolute Gasteiger partial charge is 0.0270 e. The molecule has 0 saturated carbocycles. The summed E-state index contributed by atoms with van der Waals surface area (Å²) in [4.78, 5) is 1.35. The van der Waals surface area contributed by atoms with Gasteiger partial charge in [-0.05, 0) is 25.1 Å². The molecular formula is C14H19NS. The molecule has 0 spiro atoms. The summed E-state index contributed by atoms with van der Waals surface area (Å²) in [6.07, 6.45) is 6.16. The highest BCUT2D eigenvalue weighted by Gasteiger charge is 2.07. The van der Waals surface area contributed by atoms with Crippen LogP contribution in [0.1, 0.15) is 18.9 Å². The van der Waals surface area contributed by atoms with Crippen LogP contribution in [0.5, 0.6) is 0 Å². The molecule has 1 unspecified atom stereocenters. The van der Waals surface area contributed by atoms with Crippen molar-refractivity contribution in [1.29, 1.82) is 0 Å². The van der Waals surface area contributed by atoms with Crippen LogP contribution in [-0.4, -0.2) is 18.3 Å². The minimum Gasteiger partial charge on any atom is -0.312 e. The number of thioether (sulfide) groups is 1. The molecule has 0 radical (unpaired) electrons. The molecule has 0 aliphatic rings. The van der Waals surface area contributed by atoms with Gasteiger partial charge in [0.15, 0.2) is 0 Å². The van der Waals surface area contributed by atoms with Gasteiger partial charge in [0, 0.05) is 23.1 Å². The van der Waals surface area contributed by atoms with Crippen LogP contribution in [-0.2, 0) is 0 Å². The maximum Gasteiger partial charge on any atom is 0.0270 e. The fourth-order valence-electron chi connectivity index (χ4n) is 1.53. The van der Waals surface area contributed by atoms with E-state index >= 15 is 0 Å². The molecule has 0 aliphatic carbocycles. The van der Waals surface area contributed by atoms with Gasteiger partial charge in [-0.3, -0.25) is 0 Å². The van der Waals surface area contributed by atoms with E-state index in [0.717, 1.165) is 18.7 Å². The van der Waals surface area contributed by atoms with E-state index in [9.17, 15) is 0 Å². The van der Waals surface area contributed by atoms with E-state index in [-0.39, 0.29) is 0 Å². The Morgan fingerprint density at radius 3 is 2.81 bits per heavy atom. The number of hydrogen-bond donors (Lipinski definition) is 1. The predicted molar refractivity (Wildman–Crippen MR) is 72.8 cm³/mol. The second-order valence-electron chi connectivity index (χ2n) is 3.74. The molecule has 2 heteroatoms. The van der Waals surface area contributed by atoms with E-state index in [1.807, 2.05) is 11.8 Å². The molecule has 0 amide bonds. The minimum atomic E-state index is 0.416. The third kappa shape index (κ3) is 4.30. The number of hydrogen-bond acceptors (Lipinski definition) is 2. The van der Waals surface area contributed by atoms with Gasteiger partial charge in [0.2, 0.25) is 0 Å². The average Bonchev–Trinajstić information content (AvgIpc) is 2.28. The van der Waals surface area contributed by atoms with Crippen LogP contribution in [0.3, 0.4) is 0 Å². The van der Waals surface area contributed by atoms with Crippen molar-refractivity contribution < 1.29 is 0 Å². The fraction of sp³-hybridized carbons (Fsp3) is 0.429. The molecule has 1 atom stereocenters. The lowest BCUT2D eigenvalue weighted by Gasteiger charge is -2.15. The molecular weight excluding hydrogens is 214 g/mol. The van der Waals surface area contributed by atoms with Crippen molar-refractivity contribution in [3.63, 3.8) is 0 Å². The summed E-state index contributed by atoms with van der Waals surface area (Å²) < 4.78 is 0. The zero-order valence-electron chi connectivity index (χ0n) is 9.99. The Labute approximate surface area is 103 Å². The van der Waals surface area contributed by atoms with Crippen LogP contribution in [0.2, 0.25) is 0 Å². The monoisotopic (exact) mass is 233 g/mol. The molecule has 0 bridgehead atoms. The average molecular weight is 233 g/mol. The molecule has 0 fully saturated rings. The largest absolute Gasteiger partial charge is 0.312 e. The number of rotatable bonds is 6. The normalized spacial score (nSPS) is 12.1. The molecule has 1 aromatic carbocycles. The first-order chi connectivity index (χ1) is 7.77. The van der Waals surface area contributed by atoms with E-state index in [1.54, 1.807) is 0 Å². The highest BCUT2D eigenvalue weighted by molar-refractivity contribution is 7.99. The highest BCUT2D eigenvalue weighted by Crippen LogP contribution is 2.22. The van der Waals surface area contributed by atoms with E-state index in [0.29, 0.717) is 6.04 Å². The Morgan fingerprint density at radius 2 is 2.19 bits per heavy atom. The van der Waals surface area contributed by atoms with Crippen molar-refractivity contribution in [2.75, 3.05) is 12.3 Å². The lowest BCUT2D eigenvalue weighted by atomic mass is 10.2. The Bertz CT molecular complexity index is 354. The van der Waals surface area contributed by atoms with Crippen LogP contribution >= 0.6 is 11.8 Å². The minimum absolute atomic E-state index is 0.416. The van der Waals surface area contributed by atoms with Crippen LogP contribution < -0.4 is 5.32 Å². The lowest BCUT2D eigenvalue weighted by Crippen LogP contribution is -2.30. The second-order valence-corrected chi connectivity index (χ2v) is 4.80.